The molecule has 0 aliphatic rings. The van der Waals surface area contributed by atoms with Crippen molar-refractivity contribution in [3.8, 4) is 0 Å². The lowest BCUT2D eigenvalue weighted by Crippen LogP contribution is -2.32. The maximum absolute atomic E-state index is 12.3. The van der Waals surface area contributed by atoms with Crippen LogP contribution in [0.5, 0.6) is 0 Å². The van der Waals surface area contributed by atoms with Crippen LogP contribution in [-0.4, -0.2) is 36.0 Å². The monoisotopic (exact) mass is 260 g/mol. The lowest BCUT2D eigenvalue weighted by atomic mass is 10.3. The highest BCUT2D eigenvalue weighted by atomic mass is 32.2. The maximum atomic E-state index is 12.3. The van der Waals surface area contributed by atoms with E-state index < -0.39 is 10.0 Å². The van der Waals surface area contributed by atoms with Crippen molar-refractivity contribution < 1.29 is 8.42 Å². The number of nitrogens with two attached hydrogens (primary N) is 1. The number of rotatable bonds is 7. The first-order valence-electron chi connectivity index (χ1n) is 5.80. The van der Waals surface area contributed by atoms with Crippen molar-refractivity contribution in [1.29, 1.82) is 0 Å². The van der Waals surface area contributed by atoms with Gasteiger partial charge >= 0.3 is 0 Å². The summed E-state index contributed by atoms with van der Waals surface area (Å²) in [7, 11) is -3.49. The van der Waals surface area contributed by atoms with Gasteiger partial charge in [-0.25, -0.2) is 8.42 Å². The van der Waals surface area contributed by atoms with Crippen LogP contribution in [0.1, 0.15) is 32.3 Å². The molecular weight excluding hydrogens is 240 g/mol. The second kappa shape index (κ2) is 6.13. The fraction of sp³-hybridized carbons (Fsp3) is 0.700. The Morgan fingerprint density at radius 3 is 2.71 bits per heavy atom. The smallest absolute Gasteiger partial charge is 0.260 e. The molecule has 0 aliphatic heterocycles. The molecule has 0 aromatic carbocycles. The highest BCUT2D eigenvalue weighted by Crippen LogP contribution is 2.17. The molecule has 17 heavy (non-hydrogen) atoms. The number of sulfonamides is 1. The number of H-pyrrole nitrogens is 1. The number of hydrogen-bond acceptors (Lipinski definition) is 4. The largest absolute Gasteiger partial charge is 0.326 e. The molecule has 98 valence electrons. The molecule has 0 saturated carbocycles. The van der Waals surface area contributed by atoms with E-state index in [1.807, 2.05) is 13.8 Å². The van der Waals surface area contributed by atoms with Crippen LogP contribution in [0, 0.1) is 0 Å². The van der Waals surface area contributed by atoms with E-state index in [0.717, 1.165) is 12.8 Å². The Balaban J connectivity index is 3.00. The quantitative estimate of drug-likeness (QED) is 0.754. The van der Waals surface area contributed by atoms with Gasteiger partial charge in [0.2, 0.25) is 0 Å². The summed E-state index contributed by atoms with van der Waals surface area (Å²) in [6.07, 6.45) is 3.26. The first-order valence-corrected chi connectivity index (χ1v) is 7.24. The average Bonchev–Trinajstić information content (AvgIpc) is 2.78. The van der Waals surface area contributed by atoms with Gasteiger partial charge < -0.3 is 5.73 Å². The number of hydrogen-bond donors (Lipinski definition) is 2. The molecular formula is C10H20N4O2S. The molecule has 0 spiro atoms. The van der Waals surface area contributed by atoms with Crippen LogP contribution in [0.2, 0.25) is 0 Å². The molecule has 0 fully saturated rings. The third-order valence-corrected chi connectivity index (χ3v) is 4.60. The molecule has 1 aromatic rings. The van der Waals surface area contributed by atoms with Gasteiger partial charge in [0.15, 0.2) is 5.03 Å². The number of aromatic nitrogens is 2. The number of unbranched alkanes of at least 4 members (excludes halogenated alkanes) is 1. The van der Waals surface area contributed by atoms with Crippen LogP contribution in [-0.2, 0) is 16.6 Å². The van der Waals surface area contributed by atoms with E-state index in [-0.39, 0.29) is 11.6 Å². The Morgan fingerprint density at radius 2 is 2.18 bits per heavy atom. The van der Waals surface area contributed by atoms with Gasteiger partial charge in [0.1, 0.15) is 0 Å². The van der Waals surface area contributed by atoms with Gasteiger partial charge in [-0.05, 0) is 6.42 Å². The molecule has 0 unspecified atom stereocenters. The Labute approximate surface area is 102 Å². The van der Waals surface area contributed by atoms with Gasteiger partial charge in [0, 0.05) is 25.2 Å². The molecule has 0 aliphatic carbocycles. The lowest BCUT2D eigenvalue weighted by molar-refractivity contribution is 0.416. The zero-order valence-corrected chi connectivity index (χ0v) is 11.1. The number of aromatic amines is 1. The maximum Gasteiger partial charge on any atom is 0.260 e. The molecule has 0 bridgehead atoms. The van der Waals surface area contributed by atoms with Gasteiger partial charge in [0.25, 0.3) is 10.0 Å². The predicted molar refractivity (Wildman–Crippen MR) is 65.8 cm³/mol. The fourth-order valence-corrected chi connectivity index (χ4v) is 3.18. The first kappa shape index (κ1) is 14.1. The second-order valence-electron chi connectivity index (χ2n) is 3.78. The first-order chi connectivity index (χ1) is 8.07. The van der Waals surface area contributed by atoms with Gasteiger partial charge in [-0.2, -0.15) is 9.40 Å². The molecule has 7 heteroatoms. The van der Waals surface area contributed by atoms with Crippen LogP contribution in [0.4, 0.5) is 0 Å². The van der Waals surface area contributed by atoms with Crippen LogP contribution in [0.3, 0.4) is 0 Å². The van der Waals surface area contributed by atoms with Gasteiger partial charge in [0.05, 0.1) is 6.20 Å². The van der Waals surface area contributed by atoms with Crippen molar-refractivity contribution >= 4 is 10.0 Å². The van der Waals surface area contributed by atoms with Crippen molar-refractivity contribution in [3.63, 3.8) is 0 Å². The summed E-state index contributed by atoms with van der Waals surface area (Å²) in [4.78, 5) is 0. The van der Waals surface area contributed by atoms with E-state index in [0.29, 0.717) is 18.7 Å². The molecule has 0 radical (unpaired) electrons. The average molecular weight is 260 g/mol. The van der Waals surface area contributed by atoms with Crippen LogP contribution in [0.25, 0.3) is 0 Å². The standard InChI is InChI=1S/C10H20N4O2S/c1-3-5-6-14(4-2)17(15,16)10-9(7-11)8-12-13-10/h8H,3-7,11H2,1-2H3,(H,12,13). The number of nitrogens with zero attached hydrogens (tertiary/aromatic N) is 2. The SMILES string of the molecule is CCCCN(CC)S(=O)(=O)c1[nH]ncc1CN. The predicted octanol–water partition coefficient (Wildman–Crippen LogP) is 0.679. The summed E-state index contributed by atoms with van der Waals surface area (Å²) in [5.41, 5.74) is 6.02. The van der Waals surface area contributed by atoms with Crippen LogP contribution < -0.4 is 5.73 Å². The zero-order valence-electron chi connectivity index (χ0n) is 10.3. The van der Waals surface area contributed by atoms with Crippen molar-refractivity contribution in [2.24, 2.45) is 5.73 Å². The summed E-state index contributed by atoms with van der Waals surface area (Å²) >= 11 is 0. The lowest BCUT2D eigenvalue weighted by Gasteiger charge is -2.19. The zero-order chi connectivity index (χ0) is 12.9. The van der Waals surface area contributed by atoms with E-state index in [9.17, 15) is 8.42 Å². The molecule has 1 rings (SSSR count). The summed E-state index contributed by atoms with van der Waals surface area (Å²) in [5.74, 6) is 0. The van der Waals surface area contributed by atoms with Gasteiger partial charge in [-0.15, -0.1) is 0 Å². The minimum atomic E-state index is -3.49. The Hall–Kier alpha value is -0.920. The summed E-state index contributed by atoms with van der Waals surface area (Å²) in [5, 5.41) is 6.40. The Kier molecular flexibility index (Phi) is 5.10. The third-order valence-electron chi connectivity index (χ3n) is 2.61. The molecule has 1 aromatic heterocycles. The topological polar surface area (TPSA) is 92.1 Å². The van der Waals surface area contributed by atoms with E-state index >= 15 is 0 Å². The van der Waals surface area contributed by atoms with Gasteiger partial charge in [-0.1, -0.05) is 20.3 Å². The third kappa shape index (κ3) is 3.05. The molecule has 6 nitrogen and oxygen atoms in total. The highest BCUT2D eigenvalue weighted by Gasteiger charge is 2.26. The van der Waals surface area contributed by atoms with Crippen molar-refractivity contribution in [3.05, 3.63) is 11.8 Å². The minimum Gasteiger partial charge on any atom is -0.326 e. The van der Waals surface area contributed by atoms with Crippen molar-refractivity contribution in [2.45, 2.75) is 38.3 Å². The summed E-state index contributed by atoms with van der Waals surface area (Å²) < 4.78 is 26.1. The van der Waals surface area contributed by atoms with Crippen molar-refractivity contribution in [1.82, 2.24) is 14.5 Å². The fourth-order valence-electron chi connectivity index (χ4n) is 1.58. The Morgan fingerprint density at radius 1 is 1.47 bits per heavy atom. The van der Waals surface area contributed by atoms with Crippen LogP contribution >= 0.6 is 0 Å². The van der Waals surface area contributed by atoms with Crippen LogP contribution in [0.15, 0.2) is 11.2 Å². The Bertz CT molecular complexity index is 441. The highest BCUT2D eigenvalue weighted by molar-refractivity contribution is 7.89. The van der Waals surface area contributed by atoms with Gasteiger partial charge in [-0.3, -0.25) is 5.10 Å². The molecule has 0 amide bonds. The minimum absolute atomic E-state index is 0.123. The van der Waals surface area contributed by atoms with Crippen molar-refractivity contribution in [2.75, 3.05) is 13.1 Å². The molecule has 3 N–H and O–H groups in total. The number of nitrogens with one attached hydrogen (secondary N) is 1. The van der Waals surface area contributed by atoms with E-state index in [1.54, 1.807) is 0 Å². The second-order valence-corrected chi connectivity index (χ2v) is 5.65. The molecule has 1 heterocycles. The van der Waals surface area contributed by atoms with E-state index in [1.165, 1.54) is 10.5 Å². The van der Waals surface area contributed by atoms with E-state index in [2.05, 4.69) is 10.2 Å². The molecule has 0 saturated heterocycles. The summed E-state index contributed by atoms with van der Waals surface area (Å²) in [6.45, 7) is 4.99. The molecule has 0 atom stereocenters. The van der Waals surface area contributed by atoms with E-state index in [4.69, 9.17) is 5.73 Å². The summed E-state index contributed by atoms with van der Waals surface area (Å²) in [6, 6.07) is 0. The normalized spacial score (nSPS) is 12.2.